The first-order valence-corrected chi connectivity index (χ1v) is 6.87. The fourth-order valence-corrected chi connectivity index (χ4v) is 4.19. The van der Waals surface area contributed by atoms with Crippen LogP contribution < -0.4 is 0 Å². The zero-order valence-electron chi connectivity index (χ0n) is 10.4. The molecule has 0 amide bonds. The van der Waals surface area contributed by atoms with E-state index < -0.39 is 0 Å². The molecule has 4 heterocycles. The summed E-state index contributed by atoms with van der Waals surface area (Å²) >= 11 is 0. The van der Waals surface area contributed by atoms with Crippen LogP contribution in [0.15, 0.2) is 23.3 Å². The largest absolute Gasteiger partial charge is 0.304 e. The average Bonchev–Trinajstić information content (AvgIpc) is 3.16. The summed E-state index contributed by atoms with van der Waals surface area (Å²) in [6.45, 7) is 12.8. The molecule has 0 aliphatic carbocycles. The van der Waals surface area contributed by atoms with E-state index >= 15 is 0 Å². The normalized spacial score (nSPS) is 51.9. The number of hydrogen-bond donors (Lipinski definition) is 0. The van der Waals surface area contributed by atoms with Crippen molar-refractivity contribution in [3.8, 4) is 0 Å². The van der Waals surface area contributed by atoms with Crippen molar-refractivity contribution < 1.29 is 8.97 Å². The second-order valence-electron chi connectivity index (χ2n) is 6.15. The van der Waals surface area contributed by atoms with Crippen molar-refractivity contribution in [1.29, 1.82) is 0 Å². The SMILES string of the molecule is CC[N+]12CC=C(C3=CC[N+]4(CC)CC34)C1C2. The summed E-state index contributed by atoms with van der Waals surface area (Å²) in [6.07, 6.45) is 5.11. The number of quaternary nitrogens is 2. The lowest BCUT2D eigenvalue weighted by Crippen LogP contribution is -2.26. The van der Waals surface area contributed by atoms with Gasteiger partial charge in [0, 0.05) is 11.1 Å². The highest BCUT2D eigenvalue weighted by atomic mass is 15.5. The van der Waals surface area contributed by atoms with Gasteiger partial charge in [0.25, 0.3) is 0 Å². The lowest BCUT2D eigenvalue weighted by molar-refractivity contribution is -0.799. The van der Waals surface area contributed by atoms with Crippen molar-refractivity contribution in [3.63, 3.8) is 0 Å². The second-order valence-corrected chi connectivity index (χ2v) is 6.15. The van der Waals surface area contributed by atoms with Gasteiger partial charge in [-0.05, 0) is 26.0 Å². The molecule has 2 fully saturated rings. The first-order valence-electron chi connectivity index (χ1n) is 6.87. The predicted octanol–water partition coefficient (Wildman–Crippen LogP) is 1.30. The molecule has 0 aromatic rings. The first kappa shape index (κ1) is 9.43. The Balaban J connectivity index is 1.58. The van der Waals surface area contributed by atoms with Crippen LogP contribution in [0.1, 0.15) is 13.8 Å². The molecule has 0 aromatic heterocycles. The van der Waals surface area contributed by atoms with Crippen LogP contribution in [-0.4, -0.2) is 60.3 Å². The standard InChI is InChI=1S/C14H22N2/c1-3-15-7-5-11(13(15)9-15)12-6-8-16(4-2)10-14(12)16/h5-6,13-14H,3-4,7-10H2,1-2H3/q+2. The van der Waals surface area contributed by atoms with E-state index in [9.17, 15) is 0 Å². The molecule has 0 spiro atoms. The quantitative estimate of drug-likeness (QED) is 0.495. The maximum Gasteiger partial charge on any atom is 0.165 e. The van der Waals surface area contributed by atoms with Crippen molar-refractivity contribution in [3.05, 3.63) is 23.3 Å². The summed E-state index contributed by atoms with van der Waals surface area (Å²) in [6, 6.07) is 1.79. The average molecular weight is 218 g/mol. The van der Waals surface area contributed by atoms with Gasteiger partial charge >= 0.3 is 0 Å². The third-order valence-corrected chi connectivity index (χ3v) is 5.79. The molecule has 4 atom stereocenters. The van der Waals surface area contributed by atoms with Gasteiger partial charge in [-0.25, -0.2) is 0 Å². The Morgan fingerprint density at radius 3 is 1.62 bits per heavy atom. The molecule has 2 nitrogen and oxygen atoms in total. The van der Waals surface area contributed by atoms with E-state index in [2.05, 4.69) is 26.0 Å². The molecule has 2 heteroatoms. The van der Waals surface area contributed by atoms with E-state index in [4.69, 9.17) is 0 Å². The zero-order valence-corrected chi connectivity index (χ0v) is 10.4. The maximum atomic E-state index is 2.55. The highest BCUT2D eigenvalue weighted by Gasteiger charge is 2.65. The van der Waals surface area contributed by atoms with Crippen LogP contribution in [0.3, 0.4) is 0 Å². The van der Waals surface area contributed by atoms with Gasteiger partial charge in [-0.2, -0.15) is 0 Å². The Bertz CT molecular complexity index is 382. The second kappa shape index (κ2) is 2.62. The molecule has 2 saturated heterocycles. The van der Waals surface area contributed by atoms with E-state index in [0.717, 1.165) is 12.1 Å². The lowest BCUT2D eigenvalue weighted by atomic mass is 10.0. The van der Waals surface area contributed by atoms with Crippen molar-refractivity contribution in [2.45, 2.75) is 25.9 Å². The Labute approximate surface area is 98.0 Å². The van der Waals surface area contributed by atoms with Crippen LogP contribution >= 0.6 is 0 Å². The molecular formula is C14H22N2+2. The molecular weight excluding hydrogens is 196 g/mol. The Hall–Kier alpha value is -0.600. The summed E-state index contributed by atoms with van der Waals surface area (Å²) in [5.41, 5.74) is 3.50. The van der Waals surface area contributed by atoms with Crippen LogP contribution in [-0.2, 0) is 0 Å². The molecule has 86 valence electrons. The molecule has 0 N–H and O–H groups in total. The minimum absolute atomic E-state index is 0.897. The highest BCUT2D eigenvalue weighted by Crippen LogP contribution is 2.51. The van der Waals surface area contributed by atoms with Crippen LogP contribution in [0.5, 0.6) is 0 Å². The van der Waals surface area contributed by atoms with Crippen LogP contribution in [0, 0.1) is 0 Å². The van der Waals surface area contributed by atoms with E-state index in [0.29, 0.717) is 0 Å². The van der Waals surface area contributed by atoms with Crippen molar-refractivity contribution in [2.75, 3.05) is 39.3 Å². The minimum Gasteiger partial charge on any atom is -0.304 e. The molecule has 0 radical (unpaired) electrons. The molecule has 4 aliphatic heterocycles. The van der Waals surface area contributed by atoms with Crippen LogP contribution in [0.2, 0.25) is 0 Å². The fourth-order valence-electron chi connectivity index (χ4n) is 4.19. The predicted molar refractivity (Wildman–Crippen MR) is 64.8 cm³/mol. The summed E-state index contributed by atoms with van der Waals surface area (Å²) in [5, 5.41) is 0. The lowest BCUT2D eigenvalue weighted by Gasteiger charge is -2.11. The smallest absolute Gasteiger partial charge is 0.165 e. The van der Waals surface area contributed by atoms with Gasteiger partial charge in [0.2, 0.25) is 0 Å². The van der Waals surface area contributed by atoms with E-state index in [1.165, 1.54) is 48.2 Å². The molecule has 4 aliphatic rings. The summed E-state index contributed by atoms with van der Waals surface area (Å²) in [4.78, 5) is 0. The van der Waals surface area contributed by atoms with Crippen molar-refractivity contribution in [2.24, 2.45) is 0 Å². The zero-order chi connectivity index (χ0) is 11.0. The molecule has 4 rings (SSSR count). The third-order valence-electron chi connectivity index (χ3n) is 5.79. The van der Waals surface area contributed by atoms with E-state index in [1.54, 1.807) is 11.1 Å². The molecule has 4 unspecified atom stereocenters. The number of rotatable bonds is 3. The topological polar surface area (TPSA) is 0 Å². The number of likely N-dealkylation sites (N-methyl/N-ethyl adjacent to an activating group) is 2. The molecule has 16 heavy (non-hydrogen) atoms. The molecule has 0 bridgehead atoms. The Morgan fingerprint density at radius 2 is 1.38 bits per heavy atom. The molecule has 0 saturated carbocycles. The van der Waals surface area contributed by atoms with Crippen molar-refractivity contribution >= 4 is 0 Å². The van der Waals surface area contributed by atoms with Crippen molar-refractivity contribution in [1.82, 2.24) is 0 Å². The van der Waals surface area contributed by atoms with Gasteiger partial charge in [0.15, 0.2) is 12.1 Å². The van der Waals surface area contributed by atoms with Crippen LogP contribution in [0.4, 0.5) is 0 Å². The first-order chi connectivity index (χ1) is 7.75. The van der Waals surface area contributed by atoms with Gasteiger partial charge < -0.3 is 8.97 Å². The van der Waals surface area contributed by atoms with Gasteiger partial charge in [0.1, 0.15) is 13.1 Å². The molecule has 0 aromatic carbocycles. The maximum absolute atomic E-state index is 2.55. The van der Waals surface area contributed by atoms with E-state index in [1.807, 2.05) is 0 Å². The summed E-state index contributed by atoms with van der Waals surface area (Å²) < 4.78 is 2.76. The summed E-state index contributed by atoms with van der Waals surface area (Å²) in [5.74, 6) is 0. The minimum atomic E-state index is 0.897. The van der Waals surface area contributed by atoms with Gasteiger partial charge in [-0.15, -0.1) is 0 Å². The van der Waals surface area contributed by atoms with Crippen LogP contribution in [0.25, 0.3) is 0 Å². The highest BCUT2D eigenvalue weighted by molar-refractivity contribution is 5.45. The van der Waals surface area contributed by atoms with Gasteiger partial charge in [-0.1, -0.05) is 0 Å². The Morgan fingerprint density at radius 1 is 0.938 bits per heavy atom. The number of hydrogen-bond acceptors (Lipinski definition) is 0. The fraction of sp³-hybridized carbons (Fsp3) is 0.714. The van der Waals surface area contributed by atoms with Gasteiger partial charge in [-0.3, -0.25) is 0 Å². The number of fused-ring (bicyclic) bond motifs is 2. The Kier molecular flexibility index (Phi) is 1.55. The monoisotopic (exact) mass is 218 g/mol. The number of nitrogens with zero attached hydrogens (tertiary/aromatic N) is 2. The van der Waals surface area contributed by atoms with Gasteiger partial charge in [0.05, 0.1) is 26.2 Å². The summed E-state index contributed by atoms with van der Waals surface area (Å²) in [7, 11) is 0. The third kappa shape index (κ3) is 0.917. The van der Waals surface area contributed by atoms with E-state index in [-0.39, 0.29) is 0 Å².